The lowest BCUT2D eigenvalue weighted by Gasteiger charge is -2.32. The van der Waals surface area contributed by atoms with E-state index in [9.17, 15) is 19.6 Å². The molecule has 4 heterocycles. The van der Waals surface area contributed by atoms with E-state index in [0.29, 0.717) is 49.8 Å². The van der Waals surface area contributed by atoms with Crippen molar-refractivity contribution < 1.29 is 18.7 Å². The first kappa shape index (κ1) is 24.7. The van der Waals surface area contributed by atoms with E-state index >= 15 is 0 Å². The molecule has 4 rings (SSSR count). The van der Waals surface area contributed by atoms with Crippen LogP contribution in [-0.4, -0.2) is 41.0 Å². The second-order valence-electron chi connectivity index (χ2n) is 8.48. The standard InChI is InChI=1S/C26H27N5O5/c1-3-35-26(34)18-8-11-30(12-9-18)23-21(25(33)31-10-4-6-17(2)22(31)29-23)14-19(15-27)24(32)28-16-20-7-5-13-36-20/h4-7,10,13-14,18H,3,8-9,11-12,16H2,1-2H3,(H,28,32)/b19-14+. The van der Waals surface area contributed by atoms with E-state index in [-0.39, 0.29) is 29.6 Å². The maximum atomic E-state index is 13.5. The molecule has 0 radical (unpaired) electrons. The normalized spacial score (nSPS) is 14.5. The number of nitrogens with one attached hydrogen (secondary N) is 1. The molecule has 1 fully saturated rings. The van der Waals surface area contributed by atoms with E-state index in [1.165, 1.54) is 16.7 Å². The third-order valence-corrected chi connectivity index (χ3v) is 6.14. The van der Waals surface area contributed by atoms with Gasteiger partial charge in [0.1, 0.15) is 28.9 Å². The molecule has 0 aromatic carbocycles. The van der Waals surface area contributed by atoms with Gasteiger partial charge in [-0.1, -0.05) is 6.07 Å². The van der Waals surface area contributed by atoms with Crippen molar-refractivity contribution in [3.05, 3.63) is 69.5 Å². The van der Waals surface area contributed by atoms with Gasteiger partial charge in [-0.05, 0) is 56.5 Å². The van der Waals surface area contributed by atoms with E-state index in [1.54, 1.807) is 31.3 Å². The SMILES string of the molecule is CCOC(=O)C1CCN(c2nc3c(C)cccn3c(=O)c2/C=C(\C#N)C(=O)NCc2ccco2)CC1. The number of anilines is 1. The number of fused-ring (bicyclic) bond motifs is 1. The molecule has 3 aromatic heterocycles. The zero-order chi connectivity index (χ0) is 25.7. The van der Waals surface area contributed by atoms with Gasteiger partial charge in [-0.2, -0.15) is 5.26 Å². The highest BCUT2D eigenvalue weighted by molar-refractivity contribution is 6.02. The zero-order valence-electron chi connectivity index (χ0n) is 20.2. The van der Waals surface area contributed by atoms with Gasteiger partial charge >= 0.3 is 5.97 Å². The molecule has 0 aliphatic carbocycles. The highest BCUT2D eigenvalue weighted by Crippen LogP contribution is 2.26. The number of nitrogens with zero attached hydrogens (tertiary/aromatic N) is 4. The number of aryl methyl sites for hydroxylation is 1. The van der Waals surface area contributed by atoms with Crippen LogP contribution in [0.15, 0.2) is 51.5 Å². The summed E-state index contributed by atoms with van der Waals surface area (Å²) in [6.07, 6.45) is 5.48. The van der Waals surface area contributed by atoms with Crippen molar-refractivity contribution in [2.45, 2.75) is 33.2 Å². The second-order valence-corrected chi connectivity index (χ2v) is 8.48. The van der Waals surface area contributed by atoms with Gasteiger partial charge in [-0.3, -0.25) is 18.8 Å². The molecular formula is C26H27N5O5. The summed E-state index contributed by atoms with van der Waals surface area (Å²) in [5.41, 5.74) is 0.818. The van der Waals surface area contributed by atoms with Crippen LogP contribution in [0.2, 0.25) is 0 Å². The molecule has 0 atom stereocenters. The van der Waals surface area contributed by atoms with Crippen LogP contribution in [-0.2, 0) is 20.9 Å². The number of aromatic nitrogens is 2. The molecule has 1 aliphatic rings. The summed E-state index contributed by atoms with van der Waals surface area (Å²) in [6.45, 7) is 5.02. The summed E-state index contributed by atoms with van der Waals surface area (Å²) < 4.78 is 11.8. The average Bonchev–Trinajstić information content (AvgIpc) is 3.41. The van der Waals surface area contributed by atoms with Crippen molar-refractivity contribution in [1.82, 2.24) is 14.7 Å². The number of carbonyl (C=O) groups is 2. The smallest absolute Gasteiger partial charge is 0.309 e. The molecule has 0 bridgehead atoms. The number of esters is 1. The zero-order valence-corrected chi connectivity index (χ0v) is 20.2. The molecule has 10 nitrogen and oxygen atoms in total. The summed E-state index contributed by atoms with van der Waals surface area (Å²) in [5.74, 6) is -0.156. The lowest BCUT2D eigenvalue weighted by atomic mass is 9.96. The van der Waals surface area contributed by atoms with Gasteiger partial charge in [0.25, 0.3) is 11.5 Å². The van der Waals surface area contributed by atoms with E-state index < -0.39 is 11.5 Å². The Hall–Kier alpha value is -4.39. The molecule has 1 aliphatic heterocycles. The van der Waals surface area contributed by atoms with Gasteiger partial charge < -0.3 is 19.4 Å². The monoisotopic (exact) mass is 489 g/mol. The number of ether oxygens (including phenoxy) is 1. The summed E-state index contributed by atoms with van der Waals surface area (Å²) in [5, 5.41) is 12.3. The number of carbonyl (C=O) groups excluding carboxylic acids is 2. The molecule has 36 heavy (non-hydrogen) atoms. The first-order valence-corrected chi connectivity index (χ1v) is 11.8. The minimum atomic E-state index is -0.630. The van der Waals surface area contributed by atoms with Gasteiger partial charge in [-0.15, -0.1) is 0 Å². The van der Waals surface area contributed by atoms with Crippen LogP contribution in [0.4, 0.5) is 5.82 Å². The Kier molecular flexibility index (Phi) is 7.49. The Bertz CT molecular complexity index is 1390. The van der Waals surface area contributed by atoms with Gasteiger partial charge in [0.2, 0.25) is 0 Å². The second kappa shape index (κ2) is 10.9. The summed E-state index contributed by atoms with van der Waals surface area (Å²) in [4.78, 5) is 45.1. The molecule has 10 heteroatoms. The molecule has 186 valence electrons. The number of hydrogen-bond donors (Lipinski definition) is 1. The Labute approximate surface area is 207 Å². The quantitative estimate of drug-likeness (QED) is 0.305. The van der Waals surface area contributed by atoms with E-state index in [4.69, 9.17) is 14.1 Å². The van der Waals surface area contributed by atoms with Crippen LogP contribution in [0.1, 0.15) is 36.7 Å². The lowest BCUT2D eigenvalue weighted by Crippen LogP contribution is -2.39. The number of amides is 1. The average molecular weight is 490 g/mol. The molecule has 0 unspecified atom stereocenters. The molecule has 1 saturated heterocycles. The van der Waals surface area contributed by atoms with Gasteiger partial charge in [0.05, 0.1) is 30.9 Å². The first-order chi connectivity index (χ1) is 17.4. The summed E-state index contributed by atoms with van der Waals surface area (Å²) in [6, 6.07) is 8.90. The minimum Gasteiger partial charge on any atom is -0.467 e. The van der Waals surface area contributed by atoms with E-state index in [0.717, 1.165) is 5.56 Å². The van der Waals surface area contributed by atoms with Crippen molar-refractivity contribution in [3.63, 3.8) is 0 Å². The number of nitriles is 1. The van der Waals surface area contributed by atoms with Crippen LogP contribution in [0, 0.1) is 24.2 Å². The molecule has 0 saturated carbocycles. The third kappa shape index (κ3) is 5.15. The Morgan fingerprint density at radius 3 is 2.75 bits per heavy atom. The Morgan fingerprint density at radius 1 is 1.31 bits per heavy atom. The van der Waals surface area contributed by atoms with Crippen molar-refractivity contribution in [2.24, 2.45) is 5.92 Å². The van der Waals surface area contributed by atoms with E-state index in [2.05, 4.69) is 5.32 Å². The molecule has 1 N–H and O–H groups in total. The molecular weight excluding hydrogens is 462 g/mol. The lowest BCUT2D eigenvalue weighted by molar-refractivity contribution is -0.148. The molecule has 1 amide bonds. The fraction of sp³-hybridized carbons (Fsp3) is 0.346. The highest BCUT2D eigenvalue weighted by atomic mass is 16.5. The van der Waals surface area contributed by atoms with Crippen LogP contribution in [0.25, 0.3) is 11.7 Å². The number of pyridine rings is 1. The van der Waals surface area contributed by atoms with E-state index in [1.807, 2.05) is 24.0 Å². The molecule has 3 aromatic rings. The largest absolute Gasteiger partial charge is 0.467 e. The number of rotatable bonds is 7. The number of piperidine rings is 1. The van der Waals surface area contributed by atoms with Crippen LogP contribution < -0.4 is 15.8 Å². The van der Waals surface area contributed by atoms with Gasteiger partial charge in [0, 0.05) is 19.3 Å². The predicted molar refractivity (Wildman–Crippen MR) is 132 cm³/mol. The van der Waals surface area contributed by atoms with Crippen molar-refractivity contribution >= 4 is 29.4 Å². The number of furan rings is 1. The van der Waals surface area contributed by atoms with Crippen LogP contribution in [0.5, 0.6) is 0 Å². The van der Waals surface area contributed by atoms with Gasteiger partial charge in [-0.25, -0.2) is 4.98 Å². The van der Waals surface area contributed by atoms with Crippen LogP contribution >= 0.6 is 0 Å². The molecule has 0 spiro atoms. The maximum absolute atomic E-state index is 13.5. The topological polar surface area (TPSA) is 130 Å². The van der Waals surface area contributed by atoms with Crippen molar-refractivity contribution in [3.8, 4) is 6.07 Å². The fourth-order valence-corrected chi connectivity index (χ4v) is 4.22. The minimum absolute atomic E-state index is 0.104. The van der Waals surface area contributed by atoms with Gasteiger partial charge in [0.15, 0.2) is 0 Å². The third-order valence-electron chi connectivity index (χ3n) is 6.14. The maximum Gasteiger partial charge on any atom is 0.309 e. The van der Waals surface area contributed by atoms with Crippen molar-refractivity contribution in [1.29, 1.82) is 5.26 Å². The van der Waals surface area contributed by atoms with Crippen molar-refractivity contribution in [2.75, 3.05) is 24.6 Å². The highest BCUT2D eigenvalue weighted by Gasteiger charge is 2.29. The summed E-state index contributed by atoms with van der Waals surface area (Å²) >= 11 is 0. The predicted octanol–water partition coefficient (Wildman–Crippen LogP) is 2.60. The Balaban J connectivity index is 1.71. The summed E-state index contributed by atoms with van der Waals surface area (Å²) in [7, 11) is 0. The van der Waals surface area contributed by atoms with Crippen LogP contribution in [0.3, 0.4) is 0 Å². The Morgan fingerprint density at radius 2 is 2.08 bits per heavy atom. The first-order valence-electron chi connectivity index (χ1n) is 11.8. The number of hydrogen-bond acceptors (Lipinski definition) is 8. The fourth-order valence-electron chi connectivity index (χ4n) is 4.22.